The summed E-state index contributed by atoms with van der Waals surface area (Å²) in [4.78, 5) is 11.6. The number of rotatable bonds is 7. The van der Waals surface area contributed by atoms with Crippen LogP contribution in [-0.4, -0.2) is 28.6 Å². The minimum atomic E-state index is -0.0730. The molecule has 0 spiro atoms. The average molecular weight is 271 g/mol. The van der Waals surface area contributed by atoms with Crippen molar-refractivity contribution in [1.82, 2.24) is 5.16 Å². The van der Waals surface area contributed by atoms with Crippen molar-refractivity contribution in [3.8, 4) is 0 Å². The molecule has 0 fully saturated rings. The van der Waals surface area contributed by atoms with Gasteiger partial charge in [-0.3, -0.25) is 10.1 Å². The van der Waals surface area contributed by atoms with Crippen LogP contribution >= 0.6 is 11.8 Å². The zero-order valence-electron chi connectivity index (χ0n) is 11.1. The normalized spacial score (nSPS) is 12.7. The largest absolute Gasteiger partial charge is 0.338 e. The van der Waals surface area contributed by atoms with E-state index in [1.165, 1.54) is 0 Å². The second-order valence-corrected chi connectivity index (χ2v) is 5.74. The van der Waals surface area contributed by atoms with E-state index >= 15 is 0 Å². The molecular formula is C12H21N3O2S. The number of carbonyl (C=O) groups excluding carboxylic acids is 1. The van der Waals surface area contributed by atoms with E-state index in [9.17, 15) is 4.79 Å². The molecule has 5 nitrogen and oxygen atoms in total. The van der Waals surface area contributed by atoms with Crippen LogP contribution in [0.5, 0.6) is 0 Å². The Morgan fingerprint density at radius 3 is 2.83 bits per heavy atom. The van der Waals surface area contributed by atoms with E-state index in [4.69, 9.17) is 10.3 Å². The quantitative estimate of drug-likeness (QED) is 0.743. The molecule has 0 saturated carbocycles. The molecule has 3 N–H and O–H groups in total. The summed E-state index contributed by atoms with van der Waals surface area (Å²) in [7, 11) is 0. The van der Waals surface area contributed by atoms with E-state index in [-0.39, 0.29) is 11.9 Å². The highest BCUT2D eigenvalue weighted by Gasteiger charge is 2.10. The van der Waals surface area contributed by atoms with Gasteiger partial charge in [0.25, 0.3) is 0 Å². The maximum Gasteiger partial charge on any atom is 0.236 e. The third kappa shape index (κ3) is 5.55. The number of nitrogens with two attached hydrogens (primary N) is 1. The van der Waals surface area contributed by atoms with Gasteiger partial charge < -0.3 is 10.3 Å². The van der Waals surface area contributed by atoms with Gasteiger partial charge in [0.05, 0.1) is 11.4 Å². The van der Waals surface area contributed by atoms with Crippen molar-refractivity contribution < 1.29 is 9.32 Å². The molecule has 0 aliphatic rings. The molecule has 1 heterocycles. The first-order valence-corrected chi connectivity index (χ1v) is 7.24. The molecule has 1 rings (SSSR count). The first kappa shape index (κ1) is 15.0. The summed E-state index contributed by atoms with van der Waals surface area (Å²) in [6.07, 6.45) is 0.914. The van der Waals surface area contributed by atoms with Gasteiger partial charge in [0, 0.05) is 12.1 Å². The number of anilines is 1. The molecule has 1 amide bonds. The second-order valence-electron chi connectivity index (χ2n) is 4.64. The lowest BCUT2D eigenvalue weighted by molar-refractivity contribution is -0.113. The van der Waals surface area contributed by atoms with Crippen LogP contribution in [0.1, 0.15) is 38.8 Å². The Hall–Kier alpha value is -1.01. The minimum absolute atomic E-state index is 0.0730. The van der Waals surface area contributed by atoms with Crippen molar-refractivity contribution in [2.75, 3.05) is 16.8 Å². The fraction of sp³-hybridized carbons (Fsp3) is 0.667. The Labute approximate surface area is 112 Å². The van der Waals surface area contributed by atoms with Crippen LogP contribution in [0.4, 0.5) is 5.88 Å². The van der Waals surface area contributed by atoms with Crippen molar-refractivity contribution in [3.05, 3.63) is 11.8 Å². The highest BCUT2D eigenvalue weighted by atomic mass is 32.2. The van der Waals surface area contributed by atoms with Crippen molar-refractivity contribution >= 4 is 23.6 Å². The molecule has 0 bridgehead atoms. The fourth-order valence-corrected chi connectivity index (χ4v) is 2.17. The van der Waals surface area contributed by atoms with Gasteiger partial charge in [0.1, 0.15) is 0 Å². The third-order valence-electron chi connectivity index (χ3n) is 2.33. The zero-order chi connectivity index (χ0) is 13.5. The van der Waals surface area contributed by atoms with Crippen LogP contribution in [-0.2, 0) is 4.79 Å². The number of nitrogens with one attached hydrogen (secondary N) is 1. The molecule has 0 radical (unpaired) electrons. The number of amides is 1. The molecule has 1 aromatic heterocycles. The minimum Gasteiger partial charge on any atom is -0.338 e. The van der Waals surface area contributed by atoms with Gasteiger partial charge in [-0.2, -0.15) is 11.8 Å². The molecule has 1 unspecified atom stereocenters. The predicted octanol–water partition coefficient (Wildman–Crippen LogP) is 2.21. The van der Waals surface area contributed by atoms with E-state index in [1.807, 2.05) is 20.8 Å². The monoisotopic (exact) mass is 271 g/mol. The molecule has 1 atom stereocenters. The molecule has 0 saturated heterocycles. The maximum absolute atomic E-state index is 11.6. The zero-order valence-corrected chi connectivity index (χ0v) is 11.9. The number of hydrogen-bond donors (Lipinski definition) is 2. The average Bonchev–Trinajstić information content (AvgIpc) is 2.72. The summed E-state index contributed by atoms with van der Waals surface area (Å²) in [6, 6.07) is 1.94. The Balaban J connectivity index is 2.26. The molecule has 0 aromatic carbocycles. The van der Waals surface area contributed by atoms with Gasteiger partial charge in [-0.1, -0.05) is 19.0 Å². The molecular weight excluding hydrogens is 250 g/mol. The summed E-state index contributed by atoms with van der Waals surface area (Å²) >= 11 is 1.57. The topological polar surface area (TPSA) is 81.2 Å². The third-order valence-corrected chi connectivity index (χ3v) is 3.32. The molecule has 18 heavy (non-hydrogen) atoms. The van der Waals surface area contributed by atoms with Gasteiger partial charge in [-0.25, -0.2) is 0 Å². The van der Waals surface area contributed by atoms with Crippen LogP contribution in [0.3, 0.4) is 0 Å². The van der Waals surface area contributed by atoms with E-state index in [2.05, 4.69) is 10.5 Å². The Kier molecular flexibility index (Phi) is 6.21. The summed E-state index contributed by atoms with van der Waals surface area (Å²) in [5.74, 6) is 1.93. The highest BCUT2D eigenvalue weighted by molar-refractivity contribution is 7.99. The van der Waals surface area contributed by atoms with Gasteiger partial charge in [0.15, 0.2) is 0 Å². The number of aromatic nitrogens is 1. The number of thioether (sulfide) groups is 1. The molecule has 0 aliphatic carbocycles. The maximum atomic E-state index is 11.6. The van der Waals surface area contributed by atoms with Crippen LogP contribution in [0, 0.1) is 0 Å². The Bertz CT molecular complexity index is 377. The number of carbonyl (C=O) groups is 1. The second kappa shape index (κ2) is 7.43. The number of nitrogens with zero attached hydrogens (tertiary/aromatic N) is 1. The summed E-state index contributed by atoms with van der Waals surface area (Å²) in [6.45, 7) is 6.00. The van der Waals surface area contributed by atoms with Gasteiger partial charge in [-0.05, 0) is 25.0 Å². The van der Waals surface area contributed by atoms with Gasteiger partial charge in [0.2, 0.25) is 11.8 Å². The lowest BCUT2D eigenvalue weighted by Crippen LogP contribution is -2.17. The molecule has 102 valence electrons. The van der Waals surface area contributed by atoms with Crippen LogP contribution < -0.4 is 11.1 Å². The summed E-state index contributed by atoms with van der Waals surface area (Å²) < 4.78 is 5.03. The van der Waals surface area contributed by atoms with Crippen molar-refractivity contribution in [2.24, 2.45) is 5.73 Å². The SMILES string of the molecule is CC(N)CCSCC(=O)Nc1cc(C(C)C)no1. The molecule has 6 heteroatoms. The fourth-order valence-electron chi connectivity index (χ4n) is 1.23. The first-order chi connectivity index (χ1) is 8.49. The smallest absolute Gasteiger partial charge is 0.236 e. The lowest BCUT2D eigenvalue weighted by atomic mass is 10.1. The van der Waals surface area contributed by atoms with Crippen molar-refractivity contribution in [3.63, 3.8) is 0 Å². The lowest BCUT2D eigenvalue weighted by Gasteiger charge is -2.04. The van der Waals surface area contributed by atoms with E-state index in [0.717, 1.165) is 17.9 Å². The van der Waals surface area contributed by atoms with Crippen LogP contribution in [0.15, 0.2) is 10.6 Å². The van der Waals surface area contributed by atoms with Crippen molar-refractivity contribution in [1.29, 1.82) is 0 Å². The molecule has 0 aliphatic heterocycles. The Morgan fingerprint density at radius 2 is 2.28 bits per heavy atom. The van der Waals surface area contributed by atoms with Crippen LogP contribution in [0.2, 0.25) is 0 Å². The van der Waals surface area contributed by atoms with Crippen LogP contribution in [0.25, 0.3) is 0 Å². The Morgan fingerprint density at radius 1 is 1.56 bits per heavy atom. The van der Waals surface area contributed by atoms with Gasteiger partial charge in [-0.15, -0.1) is 0 Å². The highest BCUT2D eigenvalue weighted by Crippen LogP contribution is 2.17. The first-order valence-electron chi connectivity index (χ1n) is 6.08. The number of hydrogen-bond acceptors (Lipinski definition) is 5. The predicted molar refractivity (Wildman–Crippen MR) is 74.8 cm³/mol. The summed E-state index contributed by atoms with van der Waals surface area (Å²) in [5, 5.41) is 6.56. The van der Waals surface area contributed by atoms with Crippen molar-refractivity contribution in [2.45, 2.75) is 39.2 Å². The van der Waals surface area contributed by atoms with E-state index < -0.39 is 0 Å². The van der Waals surface area contributed by atoms with E-state index in [0.29, 0.717) is 17.6 Å². The summed E-state index contributed by atoms with van der Waals surface area (Å²) in [5.41, 5.74) is 6.47. The molecule has 1 aromatic rings. The van der Waals surface area contributed by atoms with Gasteiger partial charge >= 0.3 is 0 Å². The van der Waals surface area contributed by atoms with E-state index in [1.54, 1.807) is 17.8 Å². The standard InChI is InChI=1S/C12H21N3O2S/c1-8(2)10-6-12(17-15-10)14-11(16)7-18-5-4-9(3)13/h6,8-9H,4-5,7,13H2,1-3H3,(H,14,16).